The van der Waals surface area contributed by atoms with Gasteiger partial charge in [-0.2, -0.15) is 0 Å². The molecule has 0 fully saturated rings. The Balaban J connectivity index is 2.63. The molecular formula is C7H6FNO3. The van der Waals surface area contributed by atoms with Crippen LogP contribution in [0.5, 0.6) is 5.75 Å². The molecule has 0 saturated carbocycles. The van der Waals surface area contributed by atoms with E-state index in [1.165, 1.54) is 18.2 Å². The maximum atomic E-state index is 12.7. The van der Waals surface area contributed by atoms with Crippen LogP contribution in [0.4, 0.5) is 4.39 Å². The average Bonchev–Trinajstić information content (AvgIpc) is 2.03. The maximum Gasteiger partial charge on any atom is 0.344 e. The van der Waals surface area contributed by atoms with Crippen molar-refractivity contribution in [2.75, 3.05) is 6.73 Å². The van der Waals surface area contributed by atoms with E-state index in [1.807, 2.05) is 0 Å². The summed E-state index contributed by atoms with van der Waals surface area (Å²) < 4.78 is 17.2. The lowest BCUT2D eigenvalue weighted by atomic mass is 10.3. The predicted octanol–water partition coefficient (Wildman–Crippen LogP) is 1.44. The smallest absolute Gasteiger partial charge is 0.344 e. The van der Waals surface area contributed by atoms with Crippen LogP contribution in [0.25, 0.3) is 0 Å². The van der Waals surface area contributed by atoms with Gasteiger partial charge in [-0.1, -0.05) is 12.1 Å². The van der Waals surface area contributed by atoms with Crippen molar-refractivity contribution in [3.63, 3.8) is 0 Å². The predicted molar refractivity (Wildman–Crippen MR) is 38.9 cm³/mol. The Kier molecular flexibility index (Phi) is 2.57. The maximum absolute atomic E-state index is 12.7. The van der Waals surface area contributed by atoms with Crippen LogP contribution in [0.2, 0.25) is 0 Å². The summed E-state index contributed by atoms with van der Waals surface area (Å²) in [5.41, 5.74) is 0. The molecule has 0 amide bonds. The minimum Gasteiger partial charge on any atom is -0.429 e. The molecule has 5 heteroatoms. The zero-order chi connectivity index (χ0) is 8.97. The first-order valence-corrected chi connectivity index (χ1v) is 3.19. The van der Waals surface area contributed by atoms with Gasteiger partial charge < -0.3 is 4.74 Å². The monoisotopic (exact) mass is 170 g/mol. The lowest BCUT2D eigenvalue weighted by Gasteiger charge is -2.00. The second-order valence-corrected chi connectivity index (χ2v) is 2.04. The van der Waals surface area contributed by atoms with Crippen molar-refractivity contribution < 1.29 is 14.1 Å². The van der Waals surface area contributed by atoms with E-state index >= 15 is 0 Å². The summed E-state index contributed by atoms with van der Waals surface area (Å²) in [6.45, 7) is -0.721. The number of nitro groups is 1. The van der Waals surface area contributed by atoms with Gasteiger partial charge in [0, 0.05) is 0 Å². The fourth-order valence-corrected chi connectivity index (χ4v) is 0.684. The molecule has 0 saturated heterocycles. The van der Waals surface area contributed by atoms with Gasteiger partial charge in [-0.3, -0.25) is 10.1 Å². The zero-order valence-electron chi connectivity index (χ0n) is 6.07. The van der Waals surface area contributed by atoms with Crippen molar-refractivity contribution in [2.24, 2.45) is 0 Å². The van der Waals surface area contributed by atoms with Crippen LogP contribution in [0.1, 0.15) is 0 Å². The van der Waals surface area contributed by atoms with Gasteiger partial charge in [0.15, 0.2) is 11.6 Å². The quantitative estimate of drug-likeness (QED) is 0.391. The van der Waals surface area contributed by atoms with Crippen molar-refractivity contribution in [3.8, 4) is 5.75 Å². The zero-order valence-corrected chi connectivity index (χ0v) is 6.07. The van der Waals surface area contributed by atoms with E-state index in [2.05, 4.69) is 4.74 Å². The summed E-state index contributed by atoms with van der Waals surface area (Å²) in [5, 5.41) is 9.84. The minimum absolute atomic E-state index is 0.103. The van der Waals surface area contributed by atoms with Crippen molar-refractivity contribution in [3.05, 3.63) is 40.2 Å². The van der Waals surface area contributed by atoms with Gasteiger partial charge >= 0.3 is 6.73 Å². The van der Waals surface area contributed by atoms with Crippen LogP contribution in [-0.2, 0) is 0 Å². The van der Waals surface area contributed by atoms with Crippen molar-refractivity contribution in [1.82, 2.24) is 0 Å². The third-order valence-corrected chi connectivity index (χ3v) is 1.16. The average molecular weight is 170 g/mol. The molecule has 12 heavy (non-hydrogen) atoms. The Morgan fingerprint density at radius 3 is 2.75 bits per heavy atom. The molecule has 0 radical (unpaired) electrons. The third-order valence-electron chi connectivity index (χ3n) is 1.16. The van der Waals surface area contributed by atoms with Crippen LogP contribution in [0, 0.1) is 15.9 Å². The number of hydrogen-bond acceptors (Lipinski definition) is 3. The highest BCUT2D eigenvalue weighted by Crippen LogP contribution is 2.14. The molecule has 1 aromatic rings. The molecule has 0 aliphatic heterocycles. The van der Waals surface area contributed by atoms with Gasteiger partial charge in [0.1, 0.15) is 0 Å². The van der Waals surface area contributed by atoms with E-state index < -0.39 is 17.5 Å². The highest BCUT2D eigenvalue weighted by Gasteiger charge is 2.03. The summed E-state index contributed by atoms with van der Waals surface area (Å²) in [5.74, 6) is -0.700. The minimum atomic E-state index is -0.721. The first kappa shape index (κ1) is 8.45. The standard InChI is InChI=1S/C7H6FNO3/c8-6-3-1-2-4-7(6)12-5-9(10)11/h1-4H,5H2/i8-1. The molecule has 4 nitrogen and oxygen atoms in total. The molecule has 0 aromatic heterocycles. The molecule has 0 heterocycles. The number of nitrogens with zero attached hydrogens (tertiary/aromatic N) is 1. The van der Waals surface area contributed by atoms with Gasteiger partial charge in [-0.25, -0.2) is 4.39 Å². The van der Waals surface area contributed by atoms with Crippen LogP contribution in [0.15, 0.2) is 24.3 Å². The number of benzene rings is 1. The van der Waals surface area contributed by atoms with Crippen molar-refractivity contribution in [1.29, 1.82) is 0 Å². The summed E-state index contributed by atoms with van der Waals surface area (Å²) in [4.78, 5) is 9.17. The van der Waals surface area contributed by atoms with Crippen LogP contribution >= 0.6 is 0 Å². The van der Waals surface area contributed by atoms with Crippen LogP contribution < -0.4 is 4.74 Å². The lowest BCUT2D eigenvalue weighted by molar-refractivity contribution is -0.514. The molecule has 0 aliphatic rings. The van der Waals surface area contributed by atoms with E-state index in [0.717, 1.165) is 0 Å². The summed E-state index contributed by atoms with van der Waals surface area (Å²) in [6.07, 6.45) is 0. The fourth-order valence-electron chi connectivity index (χ4n) is 0.684. The van der Waals surface area contributed by atoms with E-state index in [1.54, 1.807) is 6.07 Å². The topological polar surface area (TPSA) is 52.4 Å². The highest BCUT2D eigenvalue weighted by atomic mass is 18.2. The Morgan fingerprint density at radius 2 is 2.17 bits per heavy atom. The fraction of sp³-hybridized carbons (Fsp3) is 0.143. The number of para-hydroxylation sites is 1. The first-order valence-electron chi connectivity index (χ1n) is 3.19. The van der Waals surface area contributed by atoms with E-state index in [-0.39, 0.29) is 5.75 Å². The molecule has 0 spiro atoms. The number of halogens is 1. The van der Waals surface area contributed by atoms with Gasteiger partial charge in [0.25, 0.3) is 0 Å². The molecule has 0 unspecified atom stereocenters. The Bertz CT molecular complexity index is 290. The largest absolute Gasteiger partial charge is 0.429 e. The second kappa shape index (κ2) is 3.66. The molecule has 0 bridgehead atoms. The number of rotatable bonds is 3. The van der Waals surface area contributed by atoms with Gasteiger partial charge in [-0.05, 0) is 12.1 Å². The Labute approximate surface area is 67.7 Å². The summed E-state index contributed by atoms with van der Waals surface area (Å²) in [6, 6.07) is 5.53. The van der Waals surface area contributed by atoms with Crippen molar-refractivity contribution >= 4 is 0 Å². The lowest BCUT2D eigenvalue weighted by Crippen LogP contribution is -2.08. The van der Waals surface area contributed by atoms with E-state index in [9.17, 15) is 14.5 Å². The van der Waals surface area contributed by atoms with Crippen LogP contribution in [0.3, 0.4) is 0 Å². The van der Waals surface area contributed by atoms with Gasteiger partial charge in [-0.15, -0.1) is 0 Å². The SMILES string of the molecule is O=[N+]([O-])COc1ccccc1[18F]. The number of hydrogen-bond donors (Lipinski definition) is 0. The van der Waals surface area contributed by atoms with Crippen LogP contribution in [-0.4, -0.2) is 11.7 Å². The van der Waals surface area contributed by atoms with Gasteiger partial charge in [0.05, 0.1) is 4.92 Å². The molecular weight excluding hydrogens is 164 g/mol. The van der Waals surface area contributed by atoms with Gasteiger partial charge in [0.2, 0.25) is 0 Å². The Morgan fingerprint density at radius 1 is 1.50 bits per heavy atom. The molecule has 0 N–H and O–H groups in total. The summed E-state index contributed by atoms with van der Waals surface area (Å²) in [7, 11) is 0. The molecule has 64 valence electrons. The normalized spacial score (nSPS) is 9.42. The second-order valence-electron chi connectivity index (χ2n) is 2.04. The van der Waals surface area contributed by atoms with E-state index in [4.69, 9.17) is 0 Å². The molecule has 1 rings (SSSR count). The summed E-state index contributed by atoms with van der Waals surface area (Å²) >= 11 is 0. The molecule has 1 aromatic carbocycles. The third kappa shape index (κ3) is 2.19. The molecule has 0 atom stereocenters. The van der Waals surface area contributed by atoms with E-state index in [0.29, 0.717) is 0 Å². The highest BCUT2D eigenvalue weighted by molar-refractivity contribution is 5.23. The Hall–Kier alpha value is -1.65. The number of ether oxygens (including phenoxy) is 1. The van der Waals surface area contributed by atoms with Crippen molar-refractivity contribution in [2.45, 2.75) is 0 Å². The molecule has 0 aliphatic carbocycles. The first-order chi connectivity index (χ1) is 5.70.